The molecular weight excluding hydrogens is 419 g/mol. The van der Waals surface area contributed by atoms with Crippen LogP contribution in [0.3, 0.4) is 0 Å². The summed E-state index contributed by atoms with van der Waals surface area (Å²) in [5.74, 6) is -0.231. The largest absolute Gasteiger partial charge is 0.421 e. The lowest BCUT2D eigenvalue weighted by Gasteiger charge is -2.29. The van der Waals surface area contributed by atoms with Crippen LogP contribution in [0.25, 0.3) is 11.3 Å². The molecule has 1 fully saturated rings. The van der Waals surface area contributed by atoms with Crippen molar-refractivity contribution in [2.45, 2.75) is 50.6 Å². The second-order valence-electron chi connectivity index (χ2n) is 7.82. The van der Waals surface area contributed by atoms with Crippen LogP contribution < -0.4 is 10.6 Å². The Kier molecular flexibility index (Phi) is 6.55. The molecule has 0 bridgehead atoms. The van der Waals surface area contributed by atoms with Crippen molar-refractivity contribution in [1.29, 1.82) is 0 Å². The molecule has 1 aliphatic rings. The molecule has 3 aromatic rings. The van der Waals surface area contributed by atoms with E-state index in [1.165, 1.54) is 0 Å². The molecule has 6 nitrogen and oxygen atoms in total. The third-order valence-electron chi connectivity index (χ3n) is 5.51. The van der Waals surface area contributed by atoms with Crippen molar-refractivity contribution in [3.8, 4) is 11.3 Å². The van der Waals surface area contributed by atoms with Crippen LogP contribution in [0, 0.1) is 0 Å². The molecule has 4 rings (SSSR count). The number of nitrogens with zero attached hydrogens (tertiary/aromatic N) is 3. The maximum absolute atomic E-state index is 13.5. The van der Waals surface area contributed by atoms with Gasteiger partial charge in [-0.2, -0.15) is 18.2 Å². The van der Waals surface area contributed by atoms with Crippen LogP contribution in [-0.2, 0) is 12.7 Å². The molecule has 0 saturated heterocycles. The van der Waals surface area contributed by atoms with Crippen molar-refractivity contribution in [1.82, 2.24) is 15.0 Å². The van der Waals surface area contributed by atoms with E-state index in [2.05, 4.69) is 25.6 Å². The summed E-state index contributed by atoms with van der Waals surface area (Å²) in [6, 6.07) is 12.9. The fourth-order valence-corrected chi connectivity index (χ4v) is 3.75. The zero-order valence-electron chi connectivity index (χ0n) is 17.3. The van der Waals surface area contributed by atoms with Crippen molar-refractivity contribution < 1.29 is 18.3 Å². The third kappa shape index (κ3) is 5.34. The molecule has 0 amide bonds. The lowest BCUT2D eigenvalue weighted by molar-refractivity contribution is -0.137. The maximum Gasteiger partial charge on any atom is 0.421 e. The standard InChI is InChI=1S/C23H24F3N5O/c24-23(25,26)17-14-29-22(31-21(17)30-19-6-1-2-7-20(19)32)28-13-15-8-10-16(11-9-15)18-5-3-4-12-27-18/h3-5,8-12,14,19-20,32H,1-2,6-7,13H2,(H2,28,29,30,31)/t19-,20+/m1/s1. The van der Waals surface area contributed by atoms with Crippen molar-refractivity contribution in [3.05, 3.63) is 66.0 Å². The molecular formula is C23H24F3N5O. The Hall–Kier alpha value is -3.20. The number of nitrogens with one attached hydrogen (secondary N) is 2. The molecule has 168 valence electrons. The van der Waals surface area contributed by atoms with Gasteiger partial charge in [-0.25, -0.2) is 4.98 Å². The van der Waals surface area contributed by atoms with Gasteiger partial charge in [0.25, 0.3) is 0 Å². The van der Waals surface area contributed by atoms with Gasteiger partial charge in [0, 0.05) is 24.5 Å². The number of anilines is 2. The highest BCUT2D eigenvalue weighted by atomic mass is 19.4. The van der Waals surface area contributed by atoms with Crippen LogP contribution in [0.4, 0.5) is 24.9 Å². The number of aromatic nitrogens is 3. The number of halogens is 3. The van der Waals surface area contributed by atoms with E-state index in [0.717, 1.165) is 35.9 Å². The Morgan fingerprint density at radius 2 is 1.78 bits per heavy atom. The highest BCUT2D eigenvalue weighted by Gasteiger charge is 2.36. The predicted molar refractivity (Wildman–Crippen MR) is 116 cm³/mol. The van der Waals surface area contributed by atoms with E-state index in [4.69, 9.17) is 0 Å². The Bertz CT molecular complexity index is 1030. The summed E-state index contributed by atoms with van der Waals surface area (Å²) in [5.41, 5.74) is 1.81. The monoisotopic (exact) mass is 443 g/mol. The van der Waals surface area contributed by atoms with Crippen LogP contribution in [-0.4, -0.2) is 32.2 Å². The first-order valence-electron chi connectivity index (χ1n) is 10.5. The van der Waals surface area contributed by atoms with Crippen LogP contribution in [0.5, 0.6) is 0 Å². The van der Waals surface area contributed by atoms with Crippen molar-refractivity contribution in [3.63, 3.8) is 0 Å². The quantitative estimate of drug-likeness (QED) is 0.504. The SMILES string of the molecule is O[C@H]1CCCC[C@H]1Nc1nc(NCc2ccc(-c3ccccn3)cc2)ncc1C(F)(F)F. The molecule has 1 aliphatic carbocycles. The zero-order chi connectivity index (χ0) is 22.6. The van der Waals surface area contributed by atoms with Gasteiger partial charge in [-0.15, -0.1) is 0 Å². The number of alkyl halides is 3. The number of rotatable bonds is 6. The molecule has 0 aliphatic heterocycles. The summed E-state index contributed by atoms with van der Waals surface area (Å²) in [4.78, 5) is 12.2. The number of aliphatic hydroxyl groups excluding tert-OH is 1. The van der Waals surface area contributed by atoms with E-state index < -0.39 is 23.9 Å². The zero-order valence-corrected chi connectivity index (χ0v) is 17.3. The molecule has 9 heteroatoms. The molecule has 1 aromatic carbocycles. The van der Waals surface area contributed by atoms with Gasteiger partial charge >= 0.3 is 6.18 Å². The van der Waals surface area contributed by atoms with E-state index >= 15 is 0 Å². The van der Waals surface area contributed by atoms with E-state index in [1.807, 2.05) is 42.5 Å². The molecule has 1 saturated carbocycles. The average molecular weight is 443 g/mol. The first-order chi connectivity index (χ1) is 15.4. The Labute approximate surface area is 184 Å². The van der Waals surface area contributed by atoms with Crippen LogP contribution in [0.1, 0.15) is 36.8 Å². The number of hydrogen-bond acceptors (Lipinski definition) is 6. The molecule has 3 N–H and O–H groups in total. The van der Waals surface area contributed by atoms with Crippen LogP contribution >= 0.6 is 0 Å². The second kappa shape index (κ2) is 9.52. The topological polar surface area (TPSA) is 83.0 Å². The summed E-state index contributed by atoms with van der Waals surface area (Å²) in [6.45, 7) is 0.347. The predicted octanol–water partition coefficient (Wildman–Crippen LogP) is 4.88. The number of pyridine rings is 1. The van der Waals surface area contributed by atoms with Crippen LogP contribution in [0.15, 0.2) is 54.9 Å². The van der Waals surface area contributed by atoms with Crippen molar-refractivity contribution in [2.75, 3.05) is 10.6 Å². The molecule has 2 heterocycles. The Balaban J connectivity index is 1.47. The van der Waals surface area contributed by atoms with Crippen molar-refractivity contribution in [2.24, 2.45) is 0 Å². The molecule has 0 unspecified atom stereocenters. The fourth-order valence-electron chi connectivity index (χ4n) is 3.75. The van der Waals surface area contributed by atoms with Gasteiger partial charge in [0.2, 0.25) is 5.95 Å². The average Bonchev–Trinajstić information content (AvgIpc) is 2.79. The Morgan fingerprint density at radius 3 is 2.47 bits per heavy atom. The summed E-state index contributed by atoms with van der Waals surface area (Å²) in [7, 11) is 0. The van der Waals surface area contributed by atoms with E-state index in [1.54, 1.807) is 6.20 Å². The minimum absolute atomic E-state index is 0.0830. The number of hydrogen-bond donors (Lipinski definition) is 3. The highest BCUT2D eigenvalue weighted by molar-refractivity contribution is 5.59. The molecule has 2 aromatic heterocycles. The maximum atomic E-state index is 13.5. The van der Waals surface area contributed by atoms with E-state index in [9.17, 15) is 18.3 Å². The van der Waals surface area contributed by atoms with Gasteiger partial charge in [-0.3, -0.25) is 4.98 Å². The lowest BCUT2D eigenvalue weighted by atomic mass is 9.92. The van der Waals surface area contributed by atoms with Gasteiger partial charge < -0.3 is 15.7 Å². The molecule has 32 heavy (non-hydrogen) atoms. The minimum atomic E-state index is -4.60. The van der Waals surface area contributed by atoms with Gasteiger partial charge in [0.1, 0.15) is 11.4 Å². The fraction of sp³-hybridized carbons (Fsp3) is 0.348. The lowest BCUT2D eigenvalue weighted by Crippen LogP contribution is -2.37. The Morgan fingerprint density at radius 1 is 1.00 bits per heavy atom. The summed E-state index contributed by atoms with van der Waals surface area (Å²) in [6.07, 6.45) is 0.0667. The summed E-state index contributed by atoms with van der Waals surface area (Å²) < 4.78 is 40.4. The van der Waals surface area contributed by atoms with Crippen LogP contribution in [0.2, 0.25) is 0 Å². The second-order valence-corrected chi connectivity index (χ2v) is 7.82. The van der Waals surface area contributed by atoms with E-state index in [-0.39, 0.29) is 11.8 Å². The first-order valence-corrected chi connectivity index (χ1v) is 10.5. The summed E-state index contributed by atoms with van der Waals surface area (Å²) >= 11 is 0. The highest BCUT2D eigenvalue weighted by Crippen LogP contribution is 2.35. The van der Waals surface area contributed by atoms with E-state index in [0.29, 0.717) is 19.4 Å². The van der Waals surface area contributed by atoms with Gasteiger partial charge in [-0.1, -0.05) is 43.2 Å². The van der Waals surface area contributed by atoms with Gasteiger partial charge in [0.05, 0.1) is 17.8 Å². The molecule has 0 spiro atoms. The van der Waals surface area contributed by atoms with Crippen molar-refractivity contribution >= 4 is 11.8 Å². The molecule has 2 atom stereocenters. The first kappa shape index (κ1) is 22.0. The van der Waals surface area contributed by atoms with Gasteiger partial charge in [0.15, 0.2) is 0 Å². The number of aliphatic hydroxyl groups is 1. The normalized spacial score (nSPS) is 18.9. The van der Waals surface area contributed by atoms with Gasteiger partial charge in [-0.05, 0) is 30.5 Å². The molecule has 0 radical (unpaired) electrons. The summed E-state index contributed by atoms with van der Waals surface area (Å²) in [5, 5.41) is 15.9. The minimum Gasteiger partial charge on any atom is -0.391 e. The third-order valence-corrected chi connectivity index (χ3v) is 5.51. The smallest absolute Gasteiger partial charge is 0.391 e. The number of benzene rings is 1.